The molecule has 3 rings (SSSR count). The van der Waals surface area contributed by atoms with Gasteiger partial charge in [-0.05, 0) is 12.1 Å². The van der Waals surface area contributed by atoms with Crippen LogP contribution in [0.2, 0.25) is 0 Å². The molecule has 0 bridgehead atoms. The Balaban J connectivity index is 1.91. The highest BCUT2D eigenvalue weighted by Crippen LogP contribution is 2.33. The first-order valence-electron chi connectivity index (χ1n) is 4.88. The number of hydrogen-bond acceptors (Lipinski definition) is 3. The van der Waals surface area contributed by atoms with Crippen LogP contribution in [0, 0.1) is 0 Å². The Morgan fingerprint density at radius 1 is 1.13 bits per heavy atom. The van der Waals surface area contributed by atoms with E-state index in [1.807, 2.05) is 6.07 Å². The van der Waals surface area contributed by atoms with Gasteiger partial charge in [-0.2, -0.15) is 4.31 Å². The number of morpholine rings is 1. The Labute approximate surface area is 88.5 Å². The average molecular weight is 225 g/mol. The van der Waals surface area contributed by atoms with Gasteiger partial charge in [0.15, 0.2) is 0 Å². The van der Waals surface area contributed by atoms with Crippen molar-refractivity contribution in [2.24, 2.45) is 0 Å². The summed E-state index contributed by atoms with van der Waals surface area (Å²) in [5.41, 5.74) is 0. The Kier molecular flexibility index (Phi) is 1.89. The zero-order valence-corrected chi connectivity index (χ0v) is 8.85. The highest BCUT2D eigenvalue weighted by atomic mass is 32.2. The number of sulfonamides is 1. The molecule has 2 fully saturated rings. The van der Waals surface area contributed by atoms with Crippen LogP contribution in [0.3, 0.4) is 0 Å². The summed E-state index contributed by atoms with van der Waals surface area (Å²) in [7, 11) is -3.29. The molecule has 80 valence electrons. The number of fused-ring (bicyclic) bond motifs is 1. The summed E-state index contributed by atoms with van der Waals surface area (Å²) >= 11 is 0. The molecular formula is C10H11NO3S. The second-order valence-electron chi connectivity index (χ2n) is 3.85. The zero-order chi connectivity index (χ0) is 10.5. The third-order valence-corrected chi connectivity index (χ3v) is 4.68. The number of hydrogen-bond donors (Lipinski definition) is 0. The highest BCUT2D eigenvalue weighted by molar-refractivity contribution is 7.89. The van der Waals surface area contributed by atoms with Gasteiger partial charge >= 0.3 is 0 Å². The standard InChI is InChI=1S/C10H11NO3S/c12-15(13,8-4-2-1-3-5-8)11-6-9-10(7-11)14-9/h1-5,9-10H,6-7H2/t9-,10+. The molecule has 0 aliphatic carbocycles. The van der Waals surface area contributed by atoms with E-state index in [1.54, 1.807) is 24.3 Å². The number of epoxide rings is 1. The topological polar surface area (TPSA) is 49.9 Å². The first-order chi connectivity index (χ1) is 7.18. The monoisotopic (exact) mass is 225 g/mol. The van der Waals surface area contributed by atoms with Crippen molar-refractivity contribution in [3.05, 3.63) is 30.3 Å². The van der Waals surface area contributed by atoms with Crippen molar-refractivity contribution in [1.82, 2.24) is 4.31 Å². The lowest BCUT2D eigenvalue weighted by Crippen LogP contribution is -2.31. The molecule has 0 aromatic heterocycles. The number of rotatable bonds is 2. The molecular weight excluding hydrogens is 214 g/mol. The Morgan fingerprint density at radius 2 is 1.73 bits per heavy atom. The van der Waals surface area contributed by atoms with Crippen LogP contribution in [0.5, 0.6) is 0 Å². The summed E-state index contributed by atoms with van der Waals surface area (Å²) in [6, 6.07) is 8.53. The third-order valence-electron chi connectivity index (χ3n) is 2.84. The molecule has 0 radical (unpaired) electrons. The Morgan fingerprint density at radius 3 is 2.33 bits per heavy atom. The lowest BCUT2D eigenvalue weighted by atomic mass is 10.4. The van der Waals surface area contributed by atoms with E-state index < -0.39 is 10.0 Å². The van der Waals surface area contributed by atoms with Gasteiger partial charge in [-0.15, -0.1) is 0 Å². The smallest absolute Gasteiger partial charge is 0.243 e. The number of ether oxygens (including phenoxy) is 1. The third kappa shape index (κ3) is 1.47. The average Bonchev–Trinajstić information content (AvgIpc) is 2.87. The molecule has 4 nitrogen and oxygen atoms in total. The SMILES string of the molecule is O=S(=O)(c1ccccc1)N1C[C@@H]2O[C@@H]2C1. The van der Waals surface area contributed by atoms with Crippen molar-refractivity contribution >= 4 is 10.0 Å². The first-order valence-corrected chi connectivity index (χ1v) is 6.32. The van der Waals surface area contributed by atoms with E-state index >= 15 is 0 Å². The maximum Gasteiger partial charge on any atom is 0.243 e. The summed E-state index contributed by atoms with van der Waals surface area (Å²) in [5, 5.41) is 0. The van der Waals surface area contributed by atoms with E-state index in [-0.39, 0.29) is 12.2 Å². The van der Waals surface area contributed by atoms with Crippen molar-refractivity contribution < 1.29 is 13.2 Å². The van der Waals surface area contributed by atoms with Crippen LogP contribution in [-0.4, -0.2) is 38.0 Å². The largest absolute Gasteiger partial charge is 0.367 e. The van der Waals surface area contributed by atoms with Crippen LogP contribution in [0.4, 0.5) is 0 Å². The van der Waals surface area contributed by atoms with Gasteiger partial charge in [-0.3, -0.25) is 0 Å². The molecule has 2 saturated heterocycles. The van der Waals surface area contributed by atoms with E-state index in [9.17, 15) is 8.42 Å². The Bertz CT molecular complexity index is 461. The van der Waals surface area contributed by atoms with Gasteiger partial charge in [0.2, 0.25) is 10.0 Å². The van der Waals surface area contributed by atoms with Crippen LogP contribution < -0.4 is 0 Å². The van der Waals surface area contributed by atoms with Crippen molar-refractivity contribution in [1.29, 1.82) is 0 Å². The quantitative estimate of drug-likeness (QED) is 0.687. The molecule has 0 saturated carbocycles. The van der Waals surface area contributed by atoms with E-state index in [1.165, 1.54) is 4.31 Å². The van der Waals surface area contributed by atoms with Crippen molar-refractivity contribution in [3.8, 4) is 0 Å². The van der Waals surface area contributed by atoms with Gasteiger partial charge in [0.05, 0.1) is 17.1 Å². The highest BCUT2D eigenvalue weighted by Gasteiger charge is 2.50. The first kappa shape index (κ1) is 9.33. The molecule has 2 aliphatic rings. The maximum absolute atomic E-state index is 12.1. The lowest BCUT2D eigenvalue weighted by molar-refractivity contribution is 0.272. The van der Waals surface area contributed by atoms with Gasteiger partial charge in [0.1, 0.15) is 0 Å². The minimum Gasteiger partial charge on any atom is -0.367 e. The lowest BCUT2D eigenvalue weighted by Gasteiger charge is -2.16. The fraction of sp³-hybridized carbons (Fsp3) is 0.400. The maximum atomic E-state index is 12.1. The minimum atomic E-state index is -3.29. The molecule has 5 heteroatoms. The van der Waals surface area contributed by atoms with E-state index in [0.29, 0.717) is 18.0 Å². The van der Waals surface area contributed by atoms with Crippen molar-refractivity contribution in [2.45, 2.75) is 17.1 Å². The normalized spacial score (nSPS) is 30.1. The minimum absolute atomic E-state index is 0.142. The zero-order valence-electron chi connectivity index (χ0n) is 8.04. The summed E-state index contributed by atoms with van der Waals surface area (Å²) in [6.45, 7) is 1.00. The molecule has 15 heavy (non-hydrogen) atoms. The van der Waals surface area contributed by atoms with Gasteiger partial charge in [-0.1, -0.05) is 18.2 Å². The summed E-state index contributed by atoms with van der Waals surface area (Å²) in [6.07, 6.45) is 0.284. The molecule has 2 heterocycles. The van der Waals surface area contributed by atoms with Gasteiger partial charge < -0.3 is 4.74 Å². The van der Waals surface area contributed by atoms with Crippen molar-refractivity contribution in [3.63, 3.8) is 0 Å². The second kappa shape index (κ2) is 3.04. The second-order valence-corrected chi connectivity index (χ2v) is 5.79. The summed E-state index contributed by atoms with van der Waals surface area (Å²) < 4.78 is 30.9. The summed E-state index contributed by atoms with van der Waals surface area (Å²) in [5.74, 6) is 0. The van der Waals surface area contributed by atoms with Gasteiger partial charge in [0.25, 0.3) is 0 Å². The molecule has 0 unspecified atom stereocenters. The molecule has 1 aromatic carbocycles. The summed E-state index contributed by atoms with van der Waals surface area (Å²) in [4.78, 5) is 0.367. The molecule has 0 spiro atoms. The molecule has 2 atom stereocenters. The van der Waals surface area contributed by atoms with Crippen LogP contribution in [0.1, 0.15) is 0 Å². The van der Waals surface area contributed by atoms with E-state index in [2.05, 4.69) is 0 Å². The predicted molar refractivity (Wildman–Crippen MR) is 53.9 cm³/mol. The van der Waals surface area contributed by atoms with Gasteiger partial charge in [0, 0.05) is 13.1 Å². The molecule has 2 aliphatic heterocycles. The van der Waals surface area contributed by atoms with E-state index in [4.69, 9.17) is 4.74 Å². The number of benzene rings is 1. The molecule has 1 aromatic rings. The van der Waals surface area contributed by atoms with Crippen LogP contribution in [-0.2, 0) is 14.8 Å². The van der Waals surface area contributed by atoms with Gasteiger partial charge in [-0.25, -0.2) is 8.42 Å². The molecule has 0 N–H and O–H groups in total. The predicted octanol–water partition coefficient (Wildman–Crippen LogP) is 0.458. The van der Waals surface area contributed by atoms with Crippen molar-refractivity contribution in [2.75, 3.05) is 13.1 Å². The fourth-order valence-corrected chi connectivity index (χ4v) is 3.40. The Hall–Kier alpha value is -0.910. The van der Waals surface area contributed by atoms with Crippen LogP contribution >= 0.6 is 0 Å². The van der Waals surface area contributed by atoms with Crippen LogP contribution in [0.25, 0.3) is 0 Å². The van der Waals surface area contributed by atoms with E-state index in [0.717, 1.165) is 0 Å². The molecule has 0 amide bonds. The van der Waals surface area contributed by atoms with Crippen LogP contribution in [0.15, 0.2) is 35.2 Å². The number of nitrogens with zero attached hydrogens (tertiary/aromatic N) is 1. The fourth-order valence-electron chi connectivity index (χ4n) is 1.91.